The molecule has 112 valence electrons. The molecule has 0 amide bonds. The van der Waals surface area contributed by atoms with Gasteiger partial charge in [-0.25, -0.2) is 9.78 Å². The minimum Gasteiger partial charge on any atom is -0.462 e. The van der Waals surface area contributed by atoms with Crippen LogP contribution in [0.25, 0.3) is 0 Å². The third kappa shape index (κ3) is 4.19. The molecular formula is C15H19N3O2S. The lowest BCUT2D eigenvalue weighted by Gasteiger charge is -2.16. The average molecular weight is 305 g/mol. The standard InChI is InChI=1S/C15H19N3O2S/c1-3-20-15(19)13-7-12(16)8-17-14(13)18-10(2)6-11-4-5-21-9-11/h4-5,7-10H,3,6,16H2,1-2H3,(H,17,18). The second-order valence-electron chi connectivity index (χ2n) is 4.77. The Balaban J connectivity index is 2.13. The fraction of sp³-hybridized carbons (Fsp3) is 0.333. The zero-order valence-electron chi connectivity index (χ0n) is 12.1. The summed E-state index contributed by atoms with van der Waals surface area (Å²) in [6.07, 6.45) is 2.39. The number of carbonyl (C=O) groups is 1. The van der Waals surface area contributed by atoms with Crippen LogP contribution in [0.2, 0.25) is 0 Å². The minimum absolute atomic E-state index is 0.143. The summed E-state index contributed by atoms with van der Waals surface area (Å²) in [4.78, 5) is 16.2. The van der Waals surface area contributed by atoms with Crippen molar-refractivity contribution in [3.05, 3.63) is 40.2 Å². The molecule has 6 heteroatoms. The first-order chi connectivity index (χ1) is 10.1. The lowest BCUT2D eigenvalue weighted by molar-refractivity contribution is 0.0527. The van der Waals surface area contributed by atoms with Crippen LogP contribution in [0.3, 0.4) is 0 Å². The highest BCUT2D eigenvalue weighted by molar-refractivity contribution is 7.07. The number of anilines is 2. The highest BCUT2D eigenvalue weighted by atomic mass is 32.1. The van der Waals surface area contributed by atoms with Gasteiger partial charge in [0.1, 0.15) is 11.4 Å². The lowest BCUT2D eigenvalue weighted by Crippen LogP contribution is -2.21. The quantitative estimate of drug-likeness (QED) is 0.802. The van der Waals surface area contributed by atoms with Gasteiger partial charge in [-0.1, -0.05) is 0 Å². The van der Waals surface area contributed by atoms with E-state index in [1.807, 2.05) is 12.3 Å². The van der Waals surface area contributed by atoms with Gasteiger partial charge in [-0.3, -0.25) is 0 Å². The number of nitrogens with two attached hydrogens (primary N) is 1. The number of esters is 1. The maximum atomic E-state index is 12.0. The van der Waals surface area contributed by atoms with Crippen LogP contribution in [-0.4, -0.2) is 23.6 Å². The summed E-state index contributed by atoms with van der Waals surface area (Å²) in [7, 11) is 0. The number of ether oxygens (including phenoxy) is 1. The van der Waals surface area contributed by atoms with Crippen LogP contribution < -0.4 is 11.1 Å². The summed E-state index contributed by atoms with van der Waals surface area (Å²) >= 11 is 1.67. The van der Waals surface area contributed by atoms with Crippen molar-refractivity contribution in [2.45, 2.75) is 26.3 Å². The van der Waals surface area contributed by atoms with E-state index in [-0.39, 0.29) is 6.04 Å². The molecule has 1 atom stereocenters. The number of aromatic nitrogens is 1. The van der Waals surface area contributed by atoms with Gasteiger partial charge >= 0.3 is 5.97 Å². The van der Waals surface area contributed by atoms with Crippen LogP contribution in [0, 0.1) is 0 Å². The van der Waals surface area contributed by atoms with E-state index >= 15 is 0 Å². The molecule has 2 rings (SSSR count). The molecule has 0 aromatic carbocycles. The van der Waals surface area contributed by atoms with Crippen LogP contribution in [0.5, 0.6) is 0 Å². The predicted octanol–water partition coefficient (Wildman–Crippen LogP) is 2.95. The third-order valence-electron chi connectivity index (χ3n) is 2.91. The molecule has 0 aliphatic heterocycles. The number of nitrogen functional groups attached to an aromatic ring is 1. The van der Waals surface area contributed by atoms with Crippen LogP contribution >= 0.6 is 11.3 Å². The van der Waals surface area contributed by atoms with Gasteiger partial charge in [-0.2, -0.15) is 11.3 Å². The Bertz CT molecular complexity index is 599. The van der Waals surface area contributed by atoms with E-state index in [0.717, 1.165) is 6.42 Å². The maximum Gasteiger partial charge on any atom is 0.341 e. The Morgan fingerprint density at radius 2 is 2.38 bits per heavy atom. The van der Waals surface area contributed by atoms with Gasteiger partial charge in [0.05, 0.1) is 18.5 Å². The molecular weight excluding hydrogens is 286 g/mol. The highest BCUT2D eigenvalue weighted by Crippen LogP contribution is 2.19. The SMILES string of the molecule is CCOC(=O)c1cc(N)cnc1NC(C)Cc1ccsc1. The Morgan fingerprint density at radius 1 is 1.57 bits per heavy atom. The Morgan fingerprint density at radius 3 is 3.05 bits per heavy atom. The number of nitrogens with zero attached hydrogens (tertiary/aromatic N) is 1. The van der Waals surface area contributed by atoms with Crippen LogP contribution in [0.1, 0.15) is 29.8 Å². The van der Waals surface area contributed by atoms with E-state index in [2.05, 4.69) is 21.7 Å². The van der Waals surface area contributed by atoms with Gasteiger partial charge in [0, 0.05) is 6.04 Å². The van der Waals surface area contributed by atoms with Crippen molar-refractivity contribution >= 4 is 28.8 Å². The number of thiophene rings is 1. The van der Waals surface area contributed by atoms with Crippen molar-refractivity contribution in [2.24, 2.45) is 0 Å². The number of pyridine rings is 1. The summed E-state index contributed by atoms with van der Waals surface area (Å²) in [6.45, 7) is 4.13. The summed E-state index contributed by atoms with van der Waals surface area (Å²) in [5.41, 5.74) is 7.77. The van der Waals surface area contributed by atoms with Crippen molar-refractivity contribution in [1.82, 2.24) is 4.98 Å². The molecule has 2 aromatic heterocycles. The maximum absolute atomic E-state index is 12.0. The van der Waals surface area contributed by atoms with E-state index in [0.29, 0.717) is 23.7 Å². The number of hydrogen-bond acceptors (Lipinski definition) is 6. The van der Waals surface area contributed by atoms with Crippen molar-refractivity contribution in [1.29, 1.82) is 0 Å². The monoisotopic (exact) mass is 305 g/mol. The first-order valence-corrected chi connectivity index (χ1v) is 7.74. The fourth-order valence-corrected chi connectivity index (χ4v) is 2.69. The third-order valence-corrected chi connectivity index (χ3v) is 3.64. The van der Waals surface area contributed by atoms with E-state index < -0.39 is 5.97 Å². The smallest absolute Gasteiger partial charge is 0.341 e. The molecule has 0 fully saturated rings. The van der Waals surface area contributed by atoms with Gasteiger partial charge in [0.15, 0.2) is 0 Å². The molecule has 0 radical (unpaired) electrons. The first-order valence-electron chi connectivity index (χ1n) is 6.80. The summed E-state index contributed by atoms with van der Waals surface area (Å²) in [6, 6.07) is 3.82. The fourth-order valence-electron chi connectivity index (χ4n) is 2.01. The zero-order chi connectivity index (χ0) is 15.2. The Kier molecular flexibility index (Phi) is 5.16. The molecule has 3 N–H and O–H groups in total. The molecule has 0 spiro atoms. The number of hydrogen-bond donors (Lipinski definition) is 2. The normalized spacial score (nSPS) is 11.9. The Hall–Kier alpha value is -2.08. The molecule has 21 heavy (non-hydrogen) atoms. The number of carbonyl (C=O) groups excluding carboxylic acids is 1. The molecule has 0 saturated carbocycles. The van der Waals surface area contributed by atoms with E-state index in [9.17, 15) is 4.79 Å². The van der Waals surface area contributed by atoms with Gasteiger partial charge < -0.3 is 15.8 Å². The van der Waals surface area contributed by atoms with E-state index in [1.165, 1.54) is 11.8 Å². The van der Waals surface area contributed by atoms with Crippen molar-refractivity contribution < 1.29 is 9.53 Å². The summed E-state index contributed by atoms with van der Waals surface area (Å²) in [5.74, 6) is 0.0907. The van der Waals surface area contributed by atoms with Crippen molar-refractivity contribution in [3.63, 3.8) is 0 Å². The minimum atomic E-state index is -0.414. The molecule has 0 bridgehead atoms. The van der Waals surface area contributed by atoms with Crippen LogP contribution in [-0.2, 0) is 11.2 Å². The zero-order valence-corrected chi connectivity index (χ0v) is 12.9. The van der Waals surface area contributed by atoms with Crippen LogP contribution in [0.15, 0.2) is 29.1 Å². The second-order valence-corrected chi connectivity index (χ2v) is 5.55. The van der Waals surface area contributed by atoms with Crippen molar-refractivity contribution in [3.8, 4) is 0 Å². The molecule has 0 aliphatic rings. The first kappa shape index (κ1) is 15.3. The van der Waals surface area contributed by atoms with Crippen LogP contribution in [0.4, 0.5) is 11.5 Å². The van der Waals surface area contributed by atoms with Gasteiger partial charge in [-0.05, 0) is 48.7 Å². The Labute approximate surface area is 128 Å². The predicted molar refractivity (Wildman–Crippen MR) is 85.7 cm³/mol. The highest BCUT2D eigenvalue weighted by Gasteiger charge is 2.16. The molecule has 2 heterocycles. The summed E-state index contributed by atoms with van der Waals surface area (Å²) in [5, 5.41) is 7.41. The molecule has 5 nitrogen and oxygen atoms in total. The number of nitrogens with one attached hydrogen (secondary N) is 1. The van der Waals surface area contributed by atoms with E-state index in [1.54, 1.807) is 24.3 Å². The molecule has 0 saturated heterocycles. The average Bonchev–Trinajstić information content (AvgIpc) is 2.93. The summed E-state index contributed by atoms with van der Waals surface area (Å²) < 4.78 is 5.04. The largest absolute Gasteiger partial charge is 0.462 e. The lowest BCUT2D eigenvalue weighted by atomic mass is 10.1. The molecule has 2 aromatic rings. The number of rotatable bonds is 6. The van der Waals surface area contributed by atoms with Gasteiger partial charge in [-0.15, -0.1) is 0 Å². The van der Waals surface area contributed by atoms with Gasteiger partial charge in [0.2, 0.25) is 0 Å². The van der Waals surface area contributed by atoms with Gasteiger partial charge in [0.25, 0.3) is 0 Å². The molecule has 1 unspecified atom stereocenters. The van der Waals surface area contributed by atoms with Crippen molar-refractivity contribution in [2.75, 3.05) is 17.7 Å². The van der Waals surface area contributed by atoms with E-state index in [4.69, 9.17) is 10.5 Å². The second kappa shape index (κ2) is 7.08. The molecule has 0 aliphatic carbocycles. The topological polar surface area (TPSA) is 77.2 Å².